The Balaban J connectivity index is 1.67. The summed E-state index contributed by atoms with van der Waals surface area (Å²) in [6.07, 6.45) is 2.45. The molecule has 0 spiro atoms. The van der Waals surface area contributed by atoms with Crippen LogP contribution < -0.4 is 10.1 Å². The van der Waals surface area contributed by atoms with Gasteiger partial charge in [-0.25, -0.2) is 0 Å². The van der Waals surface area contributed by atoms with Crippen LogP contribution >= 0.6 is 0 Å². The Labute approximate surface area is 142 Å². The number of aliphatic hydroxyl groups is 1. The molecule has 1 heterocycles. The summed E-state index contributed by atoms with van der Waals surface area (Å²) in [6.45, 7) is 6.29. The van der Waals surface area contributed by atoms with Crippen LogP contribution in [0.5, 0.6) is 5.75 Å². The van der Waals surface area contributed by atoms with Crippen LogP contribution in [0.1, 0.15) is 36.7 Å². The topological polar surface area (TPSA) is 71.7 Å². The number of nitrogens with one attached hydrogen (secondary N) is 1. The first-order valence-electron chi connectivity index (χ1n) is 8.11. The number of benzene rings is 1. The van der Waals surface area contributed by atoms with Crippen molar-refractivity contribution in [2.45, 2.75) is 39.2 Å². The van der Waals surface area contributed by atoms with Crippen molar-refractivity contribution >= 4 is 5.91 Å². The second-order valence-corrected chi connectivity index (χ2v) is 6.23. The number of hydrogen-bond donors (Lipinski definition) is 2. The number of aryl methyl sites for hydroxylation is 2. The van der Waals surface area contributed by atoms with E-state index in [1.165, 1.54) is 17.4 Å². The highest BCUT2D eigenvalue weighted by atomic mass is 16.5. The Morgan fingerprint density at radius 2 is 2.08 bits per heavy atom. The highest BCUT2D eigenvalue weighted by Crippen LogP contribution is 2.20. The zero-order valence-corrected chi connectivity index (χ0v) is 14.5. The van der Waals surface area contributed by atoms with Gasteiger partial charge in [0.25, 0.3) is 0 Å². The van der Waals surface area contributed by atoms with Crippen LogP contribution in [-0.2, 0) is 10.4 Å². The van der Waals surface area contributed by atoms with Gasteiger partial charge in [-0.1, -0.05) is 6.07 Å². The summed E-state index contributed by atoms with van der Waals surface area (Å²) >= 11 is 0. The van der Waals surface area contributed by atoms with Crippen LogP contribution in [0.4, 0.5) is 0 Å². The molecule has 1 aromatic carbocycles. The summed E-state index contributed by atoms with van der Waals surface area (Å²) in [5.74, 6) is 1.13. The zero-order chi connectivity index (χ0) is 17.6. The monoisotopic (exact) mass is 331 g/mol. The van der Waals surface area contributed by atoms with Crippen molar-refractivity contribution < 1.29 is 19.1 Å². The van der Waals surface area contributed by atoms with E-state index in [2.05, 4.69) is 12.2 Å². The second-order valence-electron chi connectivity index (χ2n) is 6.23. The number of hydrogen-bond acceptors (Lipinski definition) is 4. The number of ether oxygens (including phenoxy) is 1. The maximum atomic E-state index is 11.9. The smallest absolute Gasteiger partial charge is 0.220 e. The summed E-state index contributed by atoms with van der Waals surface area (Å²) in [4.78, 5) is 11.9. The van der Waals surface area contributed by atoms with Crippen molar-refractivity contribution in [3.05, 3.63) is 53.5 Å². The van der Waals surface area contributed by atoms with Crippen molar-refractivity contribution in [3.8, 4) is 5.75 Å². The molecule has 0 aliphatic carbocycles. The lowest BCUT2D eigenvalue weighted by Crippen LogP contribution is -2.38. The fourth-order valence-corrected chi connectivity index (χ4v) is 2.26. The fraction of sp³-hybridized carbons (Fsp3) is 0.421. The van der Waals surface area contributed by atoms with Crippen molar-refractivity contribution in [3.63, 3.8) is 0 Å². The van der Waals surface area contributed by atoms with Crippen LogP contribution in [-0.4, -0.2) is 24.2 Å². The summed E-state index contributed by atoms with van der Waals surface area (Å²) in [5, 5.41) is 13.0. The molecule has 1 amide bonds. The third-order valence-electron chi connectivity index (χ3n) is 3.98. The molecule has 24 heavy (non-hydrogen) atoms. The van der Waals surface area contributed by atoms with E-state index < -0.39 is 5.60 Å². The predicted octanol–water partition coefficient (Wildman–Crippen LogP) is 3.08. The average Bonchev–Trinajstić information content (AvgIpc) is 3.08. The van der Waals surface area contributed by atoms with Gasteiger partial charge in [0.15, 0.2) is 0 Å². The maximum absolute atomic E-state index is 11.9. The van der Waals surface area contributed by atoms with Crippen molar-refractivity contribution in [1.82, 2.24) is 5.32 Å². The lowest BCUT2D eigenvalue weighted by Gasteiger charge is -2.21. The van der Waals surface area contributed by atoms with Crippen LogP contribution in [0.25, 0.3) is 0 Å². The molecule has 0 radical (unpaired) electrons. The lowest BCUT2D eigenvalue weighted by atomic mass is 10.0. The van der Waals surface area contributed by atoms with Crippen molar-refractivity contribution in [2.75, 3.05) is 13.2 Å². The van der Waals surface area contributed by atoms with Gasteiger partial charge in [-0.05, 0) is 62.6 Å². The van der Waals surface area contributed by atoms with Gasteiger partial charge in [-0.2, -0.15) is 0 Å². The predicted molar refractivity (Wildman–Crippen MR) is 91.9 cm³/mol. The molecule has 0 aliphatic rings. The molecule has 130 valence electrons. The summed E-state index contributed by atoms with van der Waals surface area (Å²) in [6, 6.07) is 9.34. The van der Waals surface area contributed by atoms with E-state index in [-0.39, 0.29) is 12.5 Å². The van der Waals surface area contributed by atoms with E-state index in [4.69, 9.17) is 9.15 Å². The van der Waals surface area contributed by atoms with Gasteiger partial charge in [0, 0.05) is 6.42 Å². The summed E-state index contributed by atoms with van der Waals surface area (Å²) in [5.41, 5.74) is 1.20. The number of furan rings is 1. The molecule has 1 unspecified atom stereocenters. The van der Waals surface area contributed by atoms with Crippen molar-refractivity contribution in [1.29, 1.82) is 0 Å². The molecule has 2 aromatic rings. The minimum Gasteiger partial charge on any atom is -0.494 e. The minimum atomic E-state index is -1.21. The highest BCUT2D eigenvalue weighted by molar-refractivity contribution is 5.75. The van der Waals surface area contributed by atoms with Crippen LogP contribution in [0, 0.1) is 13.8 Å². The summed E-state index contributed by atoms with van der Waals surface area (Å²) < 4.78 is 10.8. The normalized spacial score (nSPS) is 13.3. The van der Waals surface area contributed by atoms with Gasteiger partial charge in [0.2, 0.25) is 5.91 Å². The van der Waals surface area contributed by atoms with Crippen LogP contribution in [0.3, 0.4) is 0 Å². The Morgan fingerprint density at radius 3 is 2.75 bits per heavy atom. The third kappa shape index (κ3) is 5.13. The molecule has 2 rings (SSSR count). The zero-order valence-electron chi connectivity index (χ0n) is 14.5. The molecule has 5 heteroatoms. The standard InChI is InChI=1S/C19H25NO4/c1-14-8-9-16(12-15(14)2)23-10-5-7-18(21)20-13-19(3,22)17-6-4-11-24-17/h4,6,8-9,11-12,22H,5,7,10,13H2,1-3H3,(H,20,21). The Kier molecular flexibility index (Phi) is 6.04. The van der Waals surface area contributed by atoms with E-state index in [1.54, 1.807) is 19.1 Å². The summed E-state index contributed by atoms with van der Waals surface area (Å²) in [7, 11) is 0. The minimum absolute atomic E-state index is 0.108. The van der Waals surface area contributed by atoms with Crippen LogP contribution in [0.15, 0.2) is 41.0 Å². The van der Waals surface area contributed by atoms with E-state index in [0.717, 1.165) is 5.75 Å². The number of amides is 1. The lowest BCUT2D eigenvalue weighted by molar-refractivity contribution is -0.122. The van der Waals surface area contributed by atoms with Gasteiger partial charge in [0.1, 0.15) is 17.1 Å². The maximum Gasteiger partial charge on any atom is 0.220 e. The van der Waals surface area contributed by atoms with Crippen molar-refractivity contribution in [2.24, 2.45) is 0 Å². The van der Waals surface area contributed by atoms with E-state index in [1.807, 2.05) is 25.1 Å². The Bertz CT molecular complexity index is 662. The van der Waals surface area contributed by atoms with E-state index in [9.17, 15) is 9.90 Å². The second kappa shape index (κ2) is 8.02. The number of rotatable bonds is 8. The van der Waals surface area contributed by atoms with Gasteiger partial charge in [-0.15, -0.1) is 0 Å². The molecule has 2 N–H and O–H groups in total. The Morgan fingerprint density at radius 1 is 1.29 bits per heavy atom. The highest BCUT2D eigenvalue weighted by Gasteiger charge is 2.26. The third-order valence-corrected chi connectivity index (χ3v) is 3.98. The molecular formula is C19H25NO4. The van der Waals surface area contributed by atoms with E-state index in [0.29, 0.717) is 25.2 Å². The first-order chi connectivity index (χ1) is 11.4. The molecule has 0 saturated heterocycles. The quantitative estimate of drug-likeness (QED) is 0.729. The van der Waals surface area contributed by atoms with Gasteiger partial charge < -0.3 is 19.6 Å². The van der Waals surface area contributed by atoms with Gasteiger partial charge in [0.05, 0.1) is 19.4 Å². The molecule has 5 nitrogen and oxygen atoms in total. The fourth-order valence-electron chi connectivity index (χ4n) is 2.26. The van der Waals surface area contributed by atoms with Gasteiger partial charge >= 0.3 is 0 Å². The number of carbonyl (C=O) groups excluding carboxylic acids is 1. The average molecular weight is 331 g/mol. The molecule has 0 saturated carbocycles. The van der Waals surface area contributed by atoms with Crippen LogP contribution in [0.2, 0.25) is 0 Å². The molecule has 0 aliphatic heterocycles. The first-order valence-corrected chi connectivity index (χ1v) is 8.11. The SMILES string of the molecule is Cc1ccc(OCCCC(=O)NCC(C)(O)c2ccco2)cc1C. The number of carbonyl (C=O) groups is 1. The molecule has 1 aromatic heterocycles. The molecular weight excluding hydrogens is 306 g/mol. The Hall–Kier alpha value is -2.27. The first kappa shape index (κ1) is 18.1. The van der Waals surface area contributed by atoms with Gasteiger partial charge in [-0.3, -0.25) is 4.79 Å². The molecule has 0 fully saturated rings. The molecule has 1 atom stereocenters. The largest absolute Gasteiger partial charge is 0.494 e. The van der Waals surface area contributed by atoms with E-state index >= 15 is 0 Å². The molecule has 0 bridgehead atoms.